The lowest BCUT2D eigenvalue weighted by Gasteiger charge is -2.15. The molecule has 0 aromatic heterocycles. The Bertz CT molecular complexity index is 1890. The molecule has 0 aliphatic carbocycles. The highest BCUT2D eigenvalue weighted by atomic mass is 32.2. The van der Waals surface area contributed by atoms with Crippen molar-refractivity contribution in [3.05, 3.63) is 108 Å². The van der Waals surface area contributed by atoms with Crippen LogP contribution in [0, 0.1) is 0 Å². The van der Waals surface area contributed by atoms with Gasteiger partial charge in [0.15, 0.2) is 0 Å². The van der Waals surface area contributed by atoms with E-state index in [1.807, 2.05) is 0 Å². The number of carbonyl (C=O) groups excluding carboxylic acids is 2. The van der Waals surface area contributed by atoms with Crippen LogP contribution in [0.15, 0.2) is 107 Å². The minimum atomic E-state index is -4.72. The van der Waals surface area contributed by atoms with Crippen LogP contribution in [0.3, 0.4) is 0 Å². The van der Waals surface area contributed by atoms with Gasteiger partial charge in [0.25, 0.3) is 11.8 Å². The SMILES string of the molecule is O=C(Nc1ccc(S(=O)(=O)[O-])c2ccccc12)c1ccc(C(=O)Nc2ccc(S(=O)(=O)[O-])c3ccccc23)cc1. The van der Waals surface area contributed by atoms with Gasteiger partial charge in [0.05, 0.1) is 9.79 Å². The van der Waals surface area contributed by atoms with Gasteiger partial charge in [-0.25, -0.2) is 16.8 Å². The second-order valence-corrected chi connectivity index (χ2v) is 11.4. The standard InChI is InChI=1S/C28H20N2O8S2/c31-27(29-23-13-15-25(39(33,34)35)21-7-3-1-5-19(21)23)17-9-11-18(12-10-17)28(32)30-24-14-16-26(40(36,37)38)22-8-4-2-6-20(22)24/h1-16H,(H,29,31)(H,30,32)(H,33,34,35)(H,36,37,38)/p-2. The fourth-order valence-electron chi connectivity index (χ4n) is 4.36. The van der Waals surface area contributed by atoms with Crippen molar-refractivity contribution in [1.29, 1.82) is 0 Å². The number of amides is 2. The summed E-state index contributed by atoms with van der Waals surface area (Å²) >= 11 is 0. The van der Waals surface area contributed by atoms with Gasteiger partial charge in [-0.1, -0.05) is 48.5 Å². The predicted octanol–water partition coefficient (Wildman–Crippen LogP) is 4.31. The Morgan fingerprint density at radius 1 is 0.475 bits per heavy atom. The highest BCUT2D eigenvalue weighted by molar-refractivity contribution is 7.86. The molecule has 0 aliphatic heterocycles. The molecule has 0 spiro atoms. The Labute approximate surface area is 228 Å². The maximum Gasteiger partial charge on any atom is 0.255 e. The molecule has 0 saturated carbocycles. The Balaban J connectivity index is 1.37. The average molecular weight is 575 g/mol. The van der Waals surface area contributed by atoms with Gasteiger partial charge in [-0.3, -0.25) is 9.59 Å². The molecular weight excluding hydrogens is 556 g/mol. The van der Waals surface area contributed by atoms with Gasteiger partial charge < -0.3 is 19.7 Å². The van der Waals surface area contributed by atoms with Gasteiger partial charge >= 0.3 is 0 Å². The lowest BCUT2D eigenvalue weighted by atomic mass is 10.1. The predicted molar refractivity (Wildman–Crippen MR) is 146 cm³/mol. The van der Waals surface area contributed by atoms with Crippen molar-refractivity contribution in [3.63, 3.8) is 0 Å². The fraction of sp³-hybridized carbons (Fsp3) is 0. The van der Waals surface area contributed by atoms with Crippen LogP contribution in [-0.2, 0) is 20.2 Å². The van der Waals surface area contributed by atoms with E-state index in [-0.39, 0.29) is 21.9 Å². The summed E-state index contributed by atoms with van der Waals surface area (Å²) in [5.41, 5.74) is 1.00. The van der Waals surface area contributed by atoms with E-state index in [0.29, 0.717) is 22.1 Å². The molecule has 0 unspecified atom stereocenters. The first-order valence-corrected chi connectivity index (χ1v) is 14.4. The molecule has 2 N–H and O–H groups in total. The second kappa shape index (κ2) is 10.2. The quantitative estimate of drug-likeness (QED) is 0.282. The zero-order valence-corrected chi connectivity index (χ0v) is 22.0. The van der Waals surface area contributed by atoms with Crippen LogP contribution in [0.25, 0.3) is 21.5 Å². The minimum absolute atomic E-state index is 0.177. The van der Waals surface area contributed by atoms with Crippen molar-refractivity contribution in [2.75, 3.05) is 10.6 Å². The van der Waals surface area contributed by atoms with Crippen LogP contribution in [0.1, 0.15) is 20.7 Å². The van der Waals surface area contributed by atoms with Gasteiger partial charge in [0.1, 0.15) is 20.2 Å². The largest absolute Gasteiger partial charge is 0.744 e. The van der Waals surface area contributed by atoms with Crippen LogP contribution >= 0.6 is 0 Å². The van der Waals surface area contributed by atoms with Crippen molar-refractivity contribution >= 4 is 65.0 Å². The fourth-order valence-corrected chi connectivity index (χ4v) is 5.72. The molecule has 40 heavy (non-hydrogen) atoms. The average Bonchev–Trinajstić information content (AvgIpc) is 2.92. The summed E-state index contributed by atoms with van der Waals surface area (Å²) in [7, 11) is -9.45. The molecule has 2 amide bonds. The third-order valence-electron chi connectivity index (χ3n) is 6.21. The van der Waals surface area contributed by atoms with Crippen molar-refractivity contribution in [2.45, 2.75) is 9.79 Å². The normalized spacial score (nSPS) is 11.8. The van der Waals surface area contributed by atoms with Crippen molar-refractivity contribution in [1.82, 2.24) is 0 Å². The smallest absolute Gasteiger partial charge is 0.255 e. The van der Waals surface area contributed by atoms with Crippen LogP contribution in [0.5, 0.6) is 0 Å². The van der Waals surface area contributed by atoms with E-state index < -0.39 is 41.8 Å². The van der Waals surface area contributed by atoms with E-state index in [9.17, 15) is 35.5 Å². The monoisotopic (exact) mass is 574 g/mol. The van der Waals surface area contributed by atoms with Crippen molar-refractivity contribution in [3.8, 4) is 0 Å². The van der Waals surface area contributed by atoms with Crippen molar-refractivity contribution in [2.24, 2.45) is 0 Å². The molecule has 0 fully saturated rings. The first-order chi connectivity index (χ1) is 18.9. The molecule has 0 atom stereocenters. The summed E-state index contributed by atoms with van der Waals surface area (Å²) in [5.74, 6) is -1.06. The number of nitrogens with one attached hydrogen (secondary N) is 2. The summed E-state index contributed by atoms with van der Waals surface area (Å²) in [4.78, 5) is 25.0. The zero-order chi connectivity index (χ0) is 28.7. The molecule has 0 bridgehead atoms. The number of fused-ring (bicyclic) bond motifs is 2. The number of rotatable bonds is 6. The minimum Gasteiger partial charge on any atom is -0.744 e. The Hall–Kier alpha value is -4.62. The molecule has 0 radical (unpaired) electrons. The molecule has 5 aromatic carbocycles. The summed E-state index contributed by atoms with van der Waals surface area (Å²) in [6.07, 6.45) is 0. The second-order valence-electron chi connectivity index (χ2n) is 8.71. The number of anilines is 2. The highest BCUT2D eigenvalue weighted by Gasteiger charge is 2.16. The number of benzene rings is 5. The van der Waals surface area contributed by atoms with Gasteiger partial charge in [-0.05, 0) is 48.5 Å². The van der Waals surface area contributed by atoms with Crippen LogP contribution in [-0.4, -0.2) is 37.8 Å². The third-order valence-corrected chi connectivity index (χ3v) is 8.00. The topological polar surface area (TPSA) is 173 Å². The first-order valence-electron chi connectivity index (χ1n) is 11.6. The third kappa shape index (κ3) is 5.28. The molecule has 5 rings (SSSR count). The van der Waals surface area contributed by atoms with Crippen LogP contribution in [0.2, 0.25) is 0 Å². The summed E-state index contributed by atoms with van der Waals surface area (Å²) in [5, 5.41) is 6.48. The molecule has 0 heterocycles. The molecule has 0 aliphatic rings. The van der Waals surface area contributed by atoms with Crippen LogP contribution in [0.4, 0.5) is 11.4 Å². The maximum atomic E-state index is 12.9. The molecular formula is C28H18N2O8S2-2. The van der Waals surface area contributed by atoms with E-state index in [1.54, 1.807) is 36.4 Å². The van der Waals surface area contributed by atoms with E-state index in [2.05, 4.69) is 10.6 Å². The number of carbonyl (C=O) groups is 2. The Morgan fingerprint density at radius 2 is 0.800 bits per heavy atom. The maximum absolute atomic E-state index is 12.9. The number of hydrogen-bond acceptors (Lipinski definition) is 8. The van der Waals surface area contributed by atoms with E-state index in [4.69, 9.17) is 0 Å². The molecule has 10 nitrogen and oxygen atoms in total. The van der Waals surface area contributed by atoms with E-state index in [0.717, 1.165) is 12.1 Å². The summed E-state index contributed by atoms with van der Waals surface area (Å²) < 4.78 is 69.7. The highest BCUT2D eigenvalue weighted by Crippen LogP contribution is 2.31. The van der Waals surface area contributed by atoms with E-state index in [1.165, 1.54) is 48.5 Å². The molecule has 5 aromatic rings. The van der Waals surface area contributed by atoms with Crippen LogP contribution < -0.4 is 10.6 Å². The van der Waals surface area contributed by atoms with Gasteiger partial charge in [0, 0.05) is 44.0 Å². The van der Waals surface area contributed by atoms with Gasteiger partial charge in [-0.2, -0.15) is 0 Å². The molecule has 12 heteroatoms. The van der Waals surface area contributed by atoms with Gasteiger partial charge in [0.2, 0.25) is 0 Å². The Morgan fingerprint density at radius 3 is 1.12 bits per heavy atom. The van der Waals surface area contributed by atoms with Gasteiger partial charge in [-0.15, -0.1) is 0 Å². The lowest BCUT2D eigenvalue weighted by Crippen LogP contribution is -2.15. The Kier molecular flexibility index (Phi) is 6.85. The zero-order valence-electron chi connectivity index (χ0n) is 20.3. The number of hydrogen-bond donors (Lipinski definition) is 2. The lowest BCUT2D eigenvalue weighted by molar-refractivity contribution is 0.101. The molecule has 0 saturated heterocycles. The first kappa shape index (κ1) is 27.0. The molecule has 202 valence electrons. The van der Waals surface area contributed by atoms with E-state index >= 15 is 0 Å². The summed E-state index contributed by atoms with van der Waals surface area (Å²) in [6, 6.07) is 23.2. The van der Waals surface area contributed by atoms with Crippen molar-refractivity contribution < 1.29 is 35.5 Å². The summed E-state index contributed by atoms with van der Waals surface area (Å²) in [6.45, 7) is 0.